The largest absolute Gasteiger partial charge is 0.368 e. The zero-order valence-electron chi connectivity index (χ0n) is 9.57. The van der Waals surface area contributed by atoms with Crippen molar-refractivity contribution in [3.05, 3.63) is 41.2 Å². The van der Waals surface area contributed by atoms with E-state index in [1.54, 1.807) is 12.1 Å². The summed E-state index contributed by atoms with van der Waals surface area (Å²) in [5.41, 5.74) is 7.30. The first-order valence-electron chi connectivity index (χ1n) is 4.74. The summed E-state index contributed by atoms with van der Waals surface area (Å²) in [4.78, 5) is 15.8. The van der Waals surface area contributed by atoms with Gasteiger partial charge in [-0.1, -0.05) is 18.2 Å². The van der Waals surface area contributed by atoms with E-state index in [1.165, 1.54) is 25.1 Å². The van der Waals surface area contributed by atoms with Gasteiger partial charge >= 0.3 is 5.97 Å². The Balaban J connectivity index is 0.00000289. The van der Waals surface area contributed by atoms with E-state index in [4.69, 9.17) is 11.1 Å². The Morgan fingerprint density at radius 2 is 2.11 bits per heavy atom. The number of hydrogen-bond acceptors (Lipinski definition) is 3. The van der Waals surface area contributed by atoms with Gasteiger partial charge in [-0.05, 0) is 19.1 Å². The van der Waals surface area contributed by atoms with Gasteiger partial charge in [-0.3, -0.25) is 5.41 Å². The van der Waals surface area contributed by atoms with Crippen LogP contribution in [0.15, 0.2) is 29.8 Å². The van der Waals surface area contributed by atoms with Crippen molar-refractivity contribution < 1.29 is 14.0 Å². The average molecular weight is 274 g/mol. The summed E-state index contributed by atoms with van der Waals surface area (Å²) in [5.74, 6) is -1.65. The van der Waals surface area contributed by atoms with Crippen LogP contribution in [0.1, 0.15) is 12.5 Å². The van der Waals surface area contributed by atoms with E-state index in [1.807, 2.05) is 5.48 Å². The smallest absolute Gasteiger partial charge is 0.358 e. The Morgan fingerprint density at radius 1 is 1.50 bits per heavy atom. The molecule has 0 atom stereocenters. The molecule has 0 amide bonds. The quantitative estimate of drug-likeness (QED) is 0.330. The molecule has 1 rings (SSSR count). The van der Waals surface area contributed by atoms with E-state index in [2.05, 4.69) is 4.84 Å². The van der Waals surface area contributed by atoms with Gasteiger partial charge in [0.1, 0.15) is 5.82 Å². The standard InChI is InChI=1S/C11H12FN3O2.ClH/c1-7(10(16)17-15-11(13)14)6-8-4-2-3-5-9(8)12;/h2-6H,1H3,(H4,13,14,15);1H/b7-6+;. The Bertz CT molecular complexity index is 477. The number of nitrogens with one attached hydrogen (secondary N) is 2. The monoisotopic (exact) mass is 273 g/mol. The van der Waals surface area contributed by atoms with Crippen LogP contribution in [0.3, 0.4) is 0 Å². The fourth-order valence-corrected chi connectivity index (χ4v) is 1.07. The number of carbonyl (C=O) groups is 1. The normalized spacial score (nSPS) is 10.2. The molecular weight excluding hydrogens is 261 g/mol. The number of guanidine groups is 1. The molecule has 0 radical (unpaired) electrons. The Labute approximate surface area is 110 Å². The summed E-state index contributed by atoms with van der Waals surface area (Å²) in [6.45, 7) is 1.47. The highest BCUT2D eigenvalue weighted by Gasteiger charge is 2.07. The van der Waals surface area contributed by atoms with E-state index in [0.29, 0.717) is 0 Å². The SMILES string of the molecule is C/C(=C\c1ccccc1F)C(=O)ONC(=N)N.Cl. The molecule has 0 unspecified atom stereocenters. The highest BCUT2D eigenvalue weighted by atomic mass is 35.5. The molecule has 0 aliphatic heterocycles. The molecule has 0 bridgehead atoms. The van der Waals surface area contributed by atoms with Crippen LogP contribution in [0.4, 0.5) is 4.39 Å². The zero-order valence-corrected chi connectivity index (χ0v) is 10.4. The minimum absolute atomic E-state index is 0. The molecule has 0 saturated carbocycles. The van der Waals surface area contributed by atoms with E-state index >= 15 is 0 Å². The van der Waals surface area contributed by atoms with Crippen molar-refractivity contribution in [2.24, 2.45) is 5.73 Å². The summed E-state index contributed by atoms with van der Waals surface area (Å²) in [6.07, 6.45) is 1.35. The summed E-state index contributed by atoms with van der Waals surface area (Å²) in [6, 6.07) is 6.03. The molecule has 0 saturated heterocycles. The van der Waals surface area contributed by atoms with E-state index in [-0.39, 0.29) is 23.5 Å². The van der Waals surface area contributed by atoms with Crippen LogP contribution in [-0.2, 0) is 9.63 Å². The third-order valence-electron chi connectivity index (χ3n) is 1.85. The fourth-order valence-electron chi connectivity index (χ4n) is 1.07. The van der Waals surface area contributed by atoms with E-state index < -0.39 is 17.7 Å². The predicted molar refractivity (Wildman–Crippen MR) is 68.4 cm³/mol. The highest BCUT2D eigenvalue weighted by Crippen LogP contribution is 2.11. The average Bonchev–Trinajstić information content (AvgIpc) is 2.28. The lowest BCUT2D eigenvalue weighted by Crippen LogP contribution is -2.32. The van der Waals surface area contributed by atoms with Crippen LogP contribution in [-0.4, -0.2) is 11.9 Å². The Morgan fingerprint density at radius 3 is 2.67 bits per heavy atom. The first-order chi connectivity index (χ1) is 8.00. The number of benzene rings is 1. The molecule has 18 heavy (non-hydrogen) atoms. The number of carbonyl (C=O) groups excluding carboxylic acids is 1. The predicted octanol–water partition coefficient (Wildman–Crippen LogP) is 1.59. The second-order valence-corrected chi connectivity index (χ2v) is 3.25. The second kappa shape index (κ2) is 7.29. The van der Waals surface area contributed by atoms with Crippen LogP contribution >= 0.6 is 12.4 Å². The zero-order chi connectivity index (χ0) is 12.8. The van der Waals surface area contributed by atoms with Crippen molar-refractivity contribution in [3.63, 3.8) is 0 Å². The minimum Gasteiger partial charge on any atom is -0.368 e. The highest BCUT2D eigenvalue weighted by molar-refractivity contribution is 5.93. The van der Waals surface area contributed by atoms with Crippen molar-refractivity contribution in [3.8, 4) is 0 Å². The maximum Gasteiger partial charge on any atom is 0.358 e. The number of rotatable bonds is 2. The molecule has 7 heteroatoms. The molecule has 0 aromatic heterocycles. The summed E-state index contributed by atoms with van der Waals surface area (Å²) in [7, 11) is 0. The summed E-state index contributed by atoms with van der Waals surface area (Å²) >= 11 is 0. The topological polar surface area (TPSA) is 88.2 Å². The third-order valence-corrected chi connectivity index (χ3v) is 1.85. The molecule has 0 fully saturated rings. The van der Waals surface area contributed by atoms with E-state index in [9.17, 15) is 9.18 Å². The summed E-state index contributed by atoms with van der Waals surface area (Å²) < 4.78 is 13.3. The van der Waals surface area contributed by atoms with Gasteiger partial charge in [-0.25, -0.2) is 9.18 Å². The maximum atomic E-state index is 13.3. The van der Waals surface area contributed by atoms with Gasteiger partial charge in [0.15, 0.2) is 0 Å². The van der Waals surface area contributed by atoms with E-state index in [0.717, 1.165) is 0 Å². The Hall–Kier alpha value is -2.08. The molecule has 1 aromatic rings. The van der Waals surface area contributed by atoms with Crippen LogP contribution in [0, 0.1) is 11.2 Å². The van der Waals surface area contributed by atoms with Crippen molar-refractivity contribution in [2.45, 2.75) is 6.92 Å². The Kier molecular flexibility index (Phi) is 6.44. The van der Waals surface area contributed by atoms with Crippen LogP contribution in [0.2, 0.25) is 0 Å². The fraction of sp³-hybridized carbons (Fsp3) is 0.0909. The summed E-state index contributed by atoms with van der Waals surface area (Å²) in [5, 5.41) is 6.79. The number of nitrogens with two attached hydrogens (primary N) is 1. The second-order valence-electron chi connectivity index (χ2n) is 3.25. The van der Waals surface area contributed by atoms with Gasteiger partial charge in [0.05, 0.1) is 0 Å². The number of halogens is 2. The molecular formula is C11H13ClFN3O2. The van der Waals surface area contributed by atoms with Gasteiger partial charge in [0.2, 0.25) is 5.96 Å². The van der Waals surface area contributed by atoms with Crippen LogP contribution < -0.4 is 11.2 Å². The lowest BCUT2D eigenvalue weighted by molar-refractivity contribution is -0.142. The van der Waals surface area contributed by atoms with Gasteiger partial charge in [0, 0.05) is 11.1 Å². The van der Waals surface area contributed by atoms with Crippen molar-refractivity contribution >= 4 is 30.4 Å². The molecule has 4 N–H and O–H groups in total. The third kappa shape index (κ3) is 4.84. The van der Waals surface area contributed by atoms with Gasteiger partial charge in [-0.2, -0.15) is 5.48 Å². The van der Waals surface area contributed by atoms with Crippen molar-refractivity contribution in [1.82, 2.24) is 5.48 Å². The molecule has 1 aromatic carbocycles. The van der Waals surface area contributed by atoms with Crippen molar-refractivity contribution in [1.29, 1.82) is 5.41 Å². The minimum atomic E-state index is -0.733. The number of hydroxylamine groups is 1. The van der Waals surface area contributed by atoms with Crippen LogP contribution in [0.5, 0.6) is 0 Å². The molecule has 98 valence electrons. The maximum absolute atomic E-state index is 13.3. The first-order valence-corrected chi connectivity index (χ1v) is 4.74. The molecule has 0 spiro atoms. The lowest BCUT2D eigenvalue weighted by atomic mass is 10.1. The van der Waals surface area contributed by atoms with Gasteiger partial charge in [-0.15, -0.1) is 12.4 Å². The van der Waals surface area contributed by atoms with Crippen molar-refractivity contribution in [2.75, 3.05) is 0 Å². The van der Waals surface area contributed by atoms with Gasteiger partial charge < -0.3 is 10.6 Å². The molecule has 0 aliphatic carbocycles. The molecule has 5 nitrogen and oxygen atoms in total. The number of hydrogen-bond donors (Lipinski definition) is 3. The first kappa shape index (κ1) is 15.9. The molecule has 0 heterocycles. The molecule has 0 aliphatic rings. The van der Waals surface area contributed by atoms with Gasteiger partial charge in [0.25, 0.3) is 0 Å². The van der Waals surface area contributed by atoms with Crippen LogP contribution in [0.25, 0.3) is 6.08 Å². The lowest BCUT2D eigenvalue weighted by Gasteiger charge is -2.04.